The van der Waals surface area contributed by atoms with Crippen LogP contribution in [0, 0.1) is 0 Å². The van der Waals surface area contributed by atoms with Crippen molar-refractivity contribution in [1.29, 1.82) is 0 Å². The van der Waals surface area contributed by atoms with Crippen LogP contribution in [0.1, 0.15) is 25.7 Å². The van der Waals surface area contributed by atoms with E-state index in [-0.39, 0.29) is 38.0 Å². The smallest absolute Gasteiger partial charge is 0.315 e. The fraction of sp³-hybridized carbons (Fsp3) is 0.600. The van der Waals surface area contributed by atoms with Gasteiger partial charge in [0, 0.05) is 50.4 Å². The van der Waals surface area contributed by atoms with E-state index >= 15 is 0 Å². The van der Waals surface area contributed by atoms with E-state index in [1.165, 1.54) is 9.80 Å². The first-order chi connectivity index (χ1) is 16.7. The standard InChI is InChI=1S/C20H24N6O8S/c27-17-3-1-5-23(17)13-7-15-11-21(9-13)19(29)25(15)33-35(31,32)34-26-16-8-14(10-22(12-16)20(26)30)24-6-2-4-18(24)28/h7-8,15-16H,1-6,9-12H2. The third kappa shape index (κ3) is 3.73. The van der Waals surface area contributed by atoms with E-state index in [4.69, 9.17) is 8.57 Å². The summed E-state index contributed by atoms with van der Waals surface area (Å²) in [6, 6.07) is -2.82. The molecule has 0 aromatic heterocycles. The molecule has 6 amide bonds. The maximum absolute atomic E-state index is 12.8. The lowest BCUT2D eigenvalue weighted by atomic mass is 10.1. The van der Waals surface area contributed by atoms with Gasteiger partial charge in [-0.05, 0) is 25.0 Å². The zero-order valence-electron chi connectivity index (χ0n) is 18.7. The van der Waals surface area contributed by atoms with Gasteiger partial charge in [-0.3, -0.25) is 9.59 Å². The molecule has 0 radical (unpaired) electrons. The van der Waals surface area contributed by atoms with E-state index in [1.807, 2.05) is 0 Å². The van der Waals surface area contributed by atoms with Gasteiger partial charge in [-0.25, -0.2) is 9.59 Å². The highest BCUT2D eigenvalue weighted by Gasteiger charge is 2.48. The first-order valence-electron chi connectivity index (χ1n) is 11.5. The quantitative estimate of drug-likeness (QED) is 0.461. The lowest BCUT2D eigenvalue weighted by molar-refractivity contribution is -0.127. The Bertz CT molecular complexity index is 1100. The Balaban J connectivity index is 1.17. The molecule has 4 saturated heterocycles. The van der Waals surface area contributed by atoms with Crippen molar-refractivity contribution in [3.8, 4) is 0 Å². The summed E-state index contributed by atoms with van der Waals surface area (Å²) in [5.74, 6) is -0.0716. The summed E-state index contributed by atoms with van der Waals surface area (Å²) in [5.41, 5.74) is 1.26. The summed E-state index contributed by atoms with van der Waals surface area (Å²) in [7, 11) is -4.85. The van der Waals surface area contributed by atoms with E-state index in [0.29, 0.717) is 47.5 Å². The van der Waals surface area contributed by atoms with Crippen LogP contribution < -0.4 is 0 Å². The van der Waals surface area contributed by atoms with E-state index in [9.17, 15) is 27.6 Å². The molecule has 35 heavy (non-hydrogen) atoms. The van der Waals surface area contributed by atoms with Crippen molar-refractivity contribution in [2.75, 3.05) is 39.3 Å². The summed E-state index contributed by atoms with van der Waals surface area (Å²) in [6.45, 7) is 1.85. The van der Waals surface area contributed by atoms with Crippen LogP contribution >= 0.6 is 0 Å². The second kappa shape index (κ2) is 7.93. The van der Waals surface area contributed by atoms with Gasteiger partial charge in [-0.1, -0.05) is 0 Å². The van der Waals surface area contributed by atoms with Gasteiger partial charge in [-0.15, -0.1) is 8.57 Å². The fourth-order valence-electron chi connectivity index (χ4n) is 5.40. The van der Waals surface area contributed by atoms with Gasteiger partial charge >= 0.3 is 22.5 Å². The molecule has 188 valence electrons. The van der Waals surface area contributed by atoms with Crippen LogP contribution in [-0.2, 0) is 28.6 Å². The van der Waals surface area contributed by atoms with Crippen molar-refractivity contribution in [1.82, 2.24) is 29.7 Å². The average molecular weight is 509 g/mol. The number of hydroxylamine groups is 4. The van der Waals surface area contributed by atoms with Gasteiger partial charge in [0.1, 0.15) is 12.1 Å². The summed E-state index contributed by atoms with van der Waals surface area (Å²) < 4.78 is 35.5. The molecular weight excluding hydrogens is 484 g/mol. The minimum atomic E-state index is -4.85. The van der Waals surface area contributed by atoms with Crippen molar-refractivity contribution in [2.24, 2.45) is 0 Å². The van der Waals surface area contributed by atoms with Crippen LogP contribution in [0.15, 0.2) is 23.5 Å². The fourth-order valence-corrected chi connectivity index (χ4v) is 6.17. The molecule has 6 rings (SSSR count). The molecule has 14 nitrogen and oxygen atoms in total. The van der Waals surface area contributed by atoms with E-state index in [1.54, 1.807) is 22.0 Å². The molecule has 4 fully saturated rings. The Morgan fingerprint density at radius 3 is 1.51 bits per heavy atom. The molecule has 0 N–H and O–H groups in total. The number of rotatable bonds is 6. The number of fused-ring (bicyclic) bond motifs is 4. The van der Waals surface area contributed by atoms with E-state index < -0.39 is 34.5 Å². The second-order valence-corrected chi connectivity index (χ2v) is 10.4. The third-order valence-corrected chi connectivity index (χ3v) is 7.68. The van der Waals surface area contributed by atoms with Crippen LogP contribution in [0.5, 0.6) is 0 Å². The molecule has 0 aromatic carbocycles. The molecular formula is C20H24N6O8S. The second-order valence-electron chi connectivity index (χ2n) is 9.28. The zero-order valence-corrected chi connectivity index (χ0v) is 19.6. The van der Waals surface area contributed by atoms with Crippen molar-refractivity contribution in [3.05, 3.63) is 23.5 Å². The van der Waals surface area contributed by atoms with Crippen molar-refractivity contribution in [2.45, 2.75) is 37.8 Å². The summed E-state index contributed by atoms with van der Waals surface area (Å²) in [5, 5.41) is 1.39. The maximum Gasteiger partial charge on any atom is 0.442 e. The predicted octanol–water partition coefficient (Wildman–Crippen LogP) is -0.653. The molecule has 6 aliphatic rings. The number of urea groups is 2. The molecule has 4 bridgehead atoms. The number of carbonyl (C=O) groups is 4. The van der Waals surface area contributed by atoms with Crippen molar-refractivity contribution >= 4 is 34.3 Å². The van der Waals surface area contributed by atoms with Gasteiger partial charge < -0.3 is 19.6 Å². The number of amides is 6. The lowest BCUT2D eigenvalue weighted by Gasteiger charge is -2.27. The molecule has 15 heteroatoms. The highest BCUT2D eigenvalue weighted by atomic mass is 32.3. The number of likely N-dealkylation sites (tertiary alicyclic amines) is 2. The van der Waals surface area contributed by atoms with Crippen LogP contribution in [-0.4, -0.2) is 113 Å². The summed E-state index contributed by atoms with van der Waals surface area (Å²) >= 11 is 0. The van der Waals surface area contributed by atoms with Gasteiger partial charge in [-0.2, -0.15) is 18.5 Å². The molecule has 2 atom stereocenters. The first-order valence-corrected chi connectivity index (χ1v) is 12.9. The molecule has 0 aromatic rings. The Morgan fingerprint density at radius 1 is 0.714 bits per heavy atom. The Kier molecular flexibility index (Phi) is 5.05. The van der Waals surface area contributed by atoms with Gasteiger partial charge in [0.05, 0.1) is 13.1 Å². The Labute approximate surface area is 201 Å². The van der Waals surface area contributed by atoms with Crippen LogP contribution in [0.4, 0.5) is 9.59 Å². The zero-order chi connectivity index (χ0) is 24.5. The average Bonchev–Trinajstić information content (AvgIpc) is 3.55. The van der Waals surface area contributed by atoms with Crippen LogP contribution in [0.2, 0.25) is 0 Å². The molecule has 0 spiro atoms. The van der Waals surface area contributed by atoms with E-state index in [2.05, 4.69) is 0 Å². The van der Waals surface area contributed by atoms with Gasteiger partial charge in [0.15, 0.2) is 0 Å². The number of carbonyl (C=O) groups excluding carboxylic acids is 4. The van der Waals surface area contributed by atoms with Crippen molar-refractivity contribution < 1.29 is 36.2 Å². The maximum atomic E-state index is 12.8. The predicted molar refractivity (Wildman–Crippen MR) is 114 cm³/mol. The minimum absolute atomic E-state index is 0.0358. The van der Waals surface area contributed by atoms with Crippen molar-refractivity contribution in [3.63, 3.8) is 0 Å². The summed E-state index contributed by atoms with van der Waals surface area (Å²) in [4.78, 5) is 55.7. The Morgan fingerprint density at radius 2 is 1.14 bits per heavy atom. The Hall–Kier alpha value is -3.17. The number of hydrogen-bond donors (Lipinski definition) is 0. The SMILES string of the molecule is O=C1CCCN1C1=CC2CN(C1)C(=O)N2OS(=O)(=O)ON1C(=O)N2CC(N3CCCC3=O)=CC1C2. The molecule has 6 heterocycles. The first kappa shape index (κ1) is 22.3. The molecule has 0 aliphatic carbocycles. The van der Waals surface area contributed by atoms with Gasteiger partial charge in [0.2, 0.25) is 11.8 Å². The highest BCUT2D eigenvalue weighted by Crippen LogP contribution is 2.32. The largest absolute Gasteiger partial charge is 0.442 e. The van der Waals surface area contributed by atoms with E-state index in [0.717, 1.165) is 12.8 Å². The molecule has 6 aliphatic heterocycles. The monoisotopic (exact) mass is 508 g/mol. The molecule has 2 unspecified atom stereocenters. The third-order valence-electron chi connectivity index (χ3n) is 6.99. The number of nitrogens with zero attached hydrogens (tertiary/aromatic N) is 6. The normalized spacial score (nSPS) is 28.7. The van der Waals surface area contributed by atoms with Crippen LogP contribution in [0.25, 0.3) is 0 Å². The van der Waals surface area contributed by atoms with Gasteiger partial charge in [0.25, 0.3) is 0 Å². The lowest BCUT2D eigenvalue weighted by Crippen LogP contribution is -2.40. The van der Waals surface area contributed by atoms with Crippen LogP contribution in [0.3, 0.4) is 0 Å². The number of hydrogen-bond acceptors (Lipinski definition) is 8. The minimum Gasteiger partial charge on any atom is -0.315 e. The topological polar surface area (TPSA) is 140 Å². The molecule has 0 saturated carbocycles. The summed E-state index contributed by atoms with van der Waals surface area (Å²) in [6.07, 6.45) is 5.62. The highest BCUT2D eigenvalue weighted by molar-refractivity contribution is 7.81.